The number of nitrogens with zero attached hydrogens (tertiary/aromatic N) is 2. The van der Waals surface area contributed by atoms with Gasteiger partial charge in [0.25, 0.3) is 0 Å². The summed E-state index contributed by atoms with van der Waals surface area (Å²) < 4.78 is 41.1. The summed E-state index contributed by atoms with van der Waals surface area (Å²) >= 11 is 0. The molecule has 2 atom stereocenters. The van der Waals surface area contributed by atoms with Gasteiger partial charge in [-0.15, -0.1) is 0 Å². The van der Waals surface area contributed by atoms with Crippen molar-refractivity contribution in [3.05, 3.63) is 0 Å². The molecular formula is C10H16F2N2O2P2. The minimum absolute atomic E-state index is 0.526. The number of hydrogen-bond donors (Lipinski definition) is 0. The van der Waals surface area contributed by atoms with Crippen LogP contribution in [0.5, 0.6) is 0 Å². The highest BCUT2D eigenvalue weighted by Crippen LogP contribution is 2.45. The van der Waals surface area contributed by atoms with Crippen molar-refractivity contribution in [2.75, 3.05) is 52.6 Å². The molecule has 2 unspecified atom stereocenters. The molecule has 0 aromatic heterocycles. The Bertz CT molecular complexity index is 287. The summed E-state index contributed by atoms with van der Waals surface area (Å²) in [6, 6.07) is 0. The van der Waals surface area contributed by atoms with Crippen LogP contribution in [0.4, 0.5) is 8.39 Å². The van der Waals surface area contributed by atoms with Gasteiger partial charge in [-0.05, 0) is 11.3 Å². The van der Waals surface area contributed by atoms with Crippen LogP contribution in [-0.2, 0) is 9.47 Å². The van der Waals surface area contributed by atoms with Gasteiger partial charge in [-0.2, -0.15) is 8.39 Å². The fourth-order valence-electron chi connectivity index (χ4n) is 1.68. The van der Waals surface area contributed by atoms with Gasteiger partial charge >= 0.3 is 0 Å². The van der Waals surface area contributed by atoms with E-state index in [-0.39, 0.29) is 0 Å². The number of morpholine rings is 2. The predicted molar refractivity (Wildman–Crippen MR) is 68.6 cm³/mol. The van der Waals surface area contributed by atoms with Gasteiger partial charge in [0.15, 0.2) is 0 Å². The molecule has 0 N–H and O–H groups in total. The van der Waals surface area contributed by atoms with Crippen LogP contribution in [0.1, 0.15) is 0 Å². The molecule has 0 aliphatic carbocycles. The summed E-state index contributed by atoms with van der Waals surface area (Å²) in [5.74, 6) is 0. The third-order valence-corrected chi connectivity index (χ3v) is 5.27. The molecule has 0 aromatic rings. The van der Waals surface area contributed by atoms with Crippen LogP contribution in [0.25, 0.3) is 0 Å². The molecule has 0 saturated carbocycles. The van der Waals surface area contributed by atoms with Crippen molar-refractivity contribution < 1.29 is 17.9 Å². The fourth-order valence-corrected chi connectivity index (χ4v) is 3.65. The largest absolute Gasteiger partial charge is 0.379 e. The molecule has 0 amide bonds. The van der Waals surface area contributed by atoms with Crippen molar-refractivity contribution in [1.82, 2.24) is 9.34 Å². The van der Waals surface area contributed by atoms with E-state index in [1.165, 1.54) is 0 Å². The molecule has 0 radical (unpaired) electrons. The Kier molecular flexibility index (Phi) is 6.17. The highest BCUT2D eigenvalue weighted by molar-refractivity contribution is 7.59. The van der Waals surface area contributed by atoms with Gasteiger partial charge in [-0.25, -0.2) is 9.34 Å². The van der Waals surface area contributed by atoms with Crippen molar-refractivity contribution in [3.8, 4) is 11.3 Å². The van der Waals surface area contributed by atoms with Crippen molar-refractivity contribution in [1.29, 1.82) is 0 Å². The maximum absolute atomic E-state index is 13.8. The van der Waals surface area contributed by atoms with E-state index in [4.69, 9.17) is 9.47 Å². The summed E-state index contributed by atoms with van der Waals surface area (Å²) in [4.78, 5) is 0. The summed E-state index contributed by atoms with van der Waals surface area (Å²) in [6.45, 7) is 4.27. The van der Waals surface area contributed by atoms with E-state index in [0.717, 1.165) is 0 Å². The smallest absolute Gasteiger partial charge is 0.237 e. The maximum atomic E-state index is 13.8. The second kappa shape index (κ2) is 7.65. The van der Waals surface area contributed by atoms with Gasteiger partial charge in [-0.3, -0.25) is 0 Å². The molecule has 2 aliphatic heterocycles. The van der Waals surface area contributed by atoms with Gasteiger partial charge in [0.05, 0.1) is 26.4 Å². The molecule has 102 valence electrons. The Morgan fingerprint density at radius 1 is 0.722 bits per heavy atom. The van der Waals surface area contributed by atoms with Gasteiger partial charge in [0, 0.05) is 26.2 Å². The summed E-state index contributed by atoms with van der Waals surface area (Å²) in [5, 5.41) is 0. The lowest BCUT2D eigenvalue weighted by molar-refractivity contribution is 0.0735. The van der Waals surface area contributed by atoms with E-state index in [1.807, 2.05) is 0 Å². The topological polar surface area (TPSA) is 24.9 Å². The first-order valence-corrected chi connectivity index (χ1v) is 8.23. The van der Waals surface area contributed by atoms with Gasteiger partial charge in [0.2, 0.25) is 16.8 Å². The minimum atomic E-state index is -2.04. The van der Waals surface area contributed by atoms with Crippen LogP contribution < -0.4 is 0 Å². The molecule has 2 saturated heterocycles. The zero-order chi connectivity index (χ0) is 12.8. The molecule has 18 heavy (non-hydrogen) atoms. The molecule has 8 heteroatoms. The van der Waals surface area contributed by atoms with Crippen LogP contribution in [0.2, 0.25) is 0 Å². The summed E-state index contributed by atoms with van der Waals surface area (Å²) in [5.41, 5.74) is 4.88. The zero-order valence-corrected chi connectivity index (χ0v) is 11.8. The van der Waals surface area contributed by atoms with Crippen LogP contribution >= 0.6 is 16.8 Å². The summed E-state index contributed by atoms with van der Waals surface area (Å²) in [7, 11) is -4.08. The standard InChI is InChI=1S/C10H16F2N2O2P2/c11-17(13-1-5-15-6-2-13)9-10-18(12)14-3-7-16-8-4-14/h1-8H2. The molecule has 4 nitrogen and oxygen atoms in total. The van der Waals surface area contributed by atoms with Crippen molar-refractivity contribution in [2.45, 2.75) is 0 Å². The Morgan fingerprint density at radius 3 is 1.39 bits per heavy atom. The van der Waals surface area contributed by atoms with E-state index in [2.05, 4.69) is 11.3 Å². The first kappa shape index (κ1) is 14.5. The highest BCUT2D eigenvalue weighted by atomic mass is 31.2. The third-order valence-electron chi connectivity index (χ3n) is 2.71. The van der Waals surface area contributed by atoms with Crippen molar-refractivity contribution >= 4 is 16.8 Å². The van der Waals surface area contributed by atoms with Crippen LogP contribution in [0, 0.1) is 11.3 Å². The quantitative estimate of drug-likeness (QED) is 0.576. The lowest BCUT2D eigenvalue weighted by Crippen LogP contribution is -2.31. The summed E-state index contributed by atoms with van der Waals surface area (Å²) in [6.07, 6.45) is 0. The normalized spacial score (nSPS) is 26.1. The molecule has 2 fully saturated rings. The minimum Gasteiger partial charge on any atom is -0.379 e. The van der Waals surface area contributed by atoms with Gasteiger partial charge < -0.3 is 9.47 Å². The van der Waals surface area contributed by atoms with Crippen molar-refractivity contribution in [2.24, 2.45) is 0 Å². The fraction of sp³-hybridized carbons (Fsp3) is 0.800. The maximum Gasteiger partial charge on any atom is 0.237 e. The van der Waals surface area contributed by atoms with Crippen LogP contribution in [-0.4, -0.2) is 61.9 Å². The Balaban J connectivity index is 1.81. The van der Waals surface area contributed by atoms with Gasteiger partial charge in [0.1, 0.15) is 0 Å². The molecular weight excluding hydrogens is 280 g/mol. The van der Waals surface area contributed by atoms with Crippen LogP contribution in [0.15, 0.2) is 0 Å². The third kappa shape index (κ3) is 4.35. The zero-order valence-electron chi connectivity index (χ0n) is 10.0. The predicted octanol–water partition coefficient (Wildman–Crippen LogP) is 2.13. The number of ether oxygens (including phenoxy) is 2. The van der Waals surface area contributed by atoms with E-state index in [0.29, 0.717) is 52.6 Å². The second-order valence-electron chi connectivity index (χ2n) is 3.88. The Hall–Kier alpha value is 0.120. The lowest BCUT2D eigenvalue weighted by Gasteiger charge is -2.27. The SMILES string of the molecule is FP(C#CP(F)N1CCOCC1)N1CCOCC1. The Morgan fingerprint density at radius 2 is 1.06 bits per heavy atom. The van der Waals surface area contributed by atoms with Gasteiger partial charge in [-0.1, -0.05) is 0 Å². The molecule has 2 heterocycles. The average Bonchev–Trinajstić information content (AvgIpc) is 2.46. The van der Waals surface area contributed by atoms with E-state index < -0.39 is 16.8 Å². The van der Waals surface area contributed by atoms with E-state index >= 15 is 0 Å². The molecule has 0 bridgehead atoms. The van der Waals surface area contributed by atoms with E-state index in [9.17, 15) is 8.39 Å². The Labute approximate surface area is 108 Å². The first-order chi connectivity index (χ1) is 8.77. The highest BCUT2D eigenvalue weighted by Gasteiger charge is 2.22. The molecule has 2 rings (SSSR count). The van der Waals surface area contributed by atoms with Crippen LogP contribution in [0.3, 0.4) is 0 Å². The molecule has 0 spiro atoms. The second-order valence-corrected chi connectivity index (χ2v) is 6.49. The number of rotatable bonds is 2. The first-order valence-electron chi connectivity index (χ1n) is 5.85. The molecule has 2 aliphatic rings. The molecule has 0 aromatic carbocycles. The lowest BCUT2D eigenvalue weighted by atomic mass is 10.5. The number of hydrogen-bond acceptors (Lipinski definition) is 4. The van der Waals surface area contributed by atoms with Crippen molar-refractivity contribution in [3.63, 3.8) is 0 Å². The number of halogens is 2. The van der Waals surface area contributed by atoms with E-state index in [1.54, 1.807) is 9.34 Å². The monoisotopic (exact) mass is 296 g/mol. The average molecular weight is 296 g/mol.